The second-order valence-electron chi connectivity index (χ2n) is 4.88. The molecular weight excluding hydrogens is 238 g/mol. The van der Waals surface area contributed by atoms with Gasteiger partial charge in [-0.05, 0) is 5.56 Å². The molecule has 4 nitrogen and oxygen atoms in total. The number of fused-ring (bicyclic) bond motifs is 1. The Hall–Kier alpha value is -1.94. The molecule has 98 valence electrons. The first-order valence-electron chi connectivity index (χ1n) is 6.61. The Balaban J connectivity index is 1.70. The lowest BCUT2D eigenvalue weighted by Gasteiger charge is -2.19. The van der Waals surface area contributed by atoms with Crippen LogP contribution in [0.15, 0.2) is 36.5 Å². The van der Waals surface area contributed by atoms with Gasteiger partial charge in [-0.2, -0.15) is 0 Å². The monoisotopic (exact) mass is 255 g/mol. The van der Waals surface area contributed by atoms with Crippen molar-refractivity contribution in [3.05, 3.63) is 53.5 Å². The third-order valence-electron chi connectivity index (χ3n) is 3.50. The molecule has 0 amide bonds. The summed E-state index contributed by atoms with van der Waals surface area (Å²) < 4.78 is 0. The van der Waals surface area contributed by atoms with Gasteiger partial charge in [0.25, 0.3) is 0 Å². The van der Waals surface area contributed by atoms with Crippen molar-refractivity contribution >= 4 is 0 Å². The summed E-state index contributed by atoms with van der Waals surface area (Å²) in [5, 5.41) is 9.39. The van der Waals surface area contributed by atoms with Gasteiger partial charge in [0, 0.05) is 32.5 Å². The molecule has 0 atom stereocenters. The lowest BCUT2D eigenvalue weighted by molar-refractivity contribution is 0.278. The van der Waals surface area contributed by atoms with E-state index in [2.05, 4.69) is 39.1 Å². The minimum absolute atomic E-state index is 0.0234. The van der Waals surface area contributed by atoms with E-state index in [0.717, 1.165) is 43.9 Å². The maximum atomic E-state index is 9.39. The van der Waals surface area contributed by atoms with Crippen molar-refractivity contribution in [3.63, 3.8) is 0 Å². The summed E-state index contributed by atoms with van der Waals surface area (Å²) in [6, 6.07) is 10.5. The zero-order valence-corrected chi connectivity index (χ0v) is 10.8. The molecule has 1 aromatic heterocycles. The number of aromatic nitrogens is 2. The molecule has 1 aromatic carbocycles. The fourth-order valence-electron chi connectivity index (χ4n) is 2.49. The molecule has 4 heteroatoms. The normalized spacial score (nSPS) is 15.8. The standard InChI is InChI=1S/C15H17N3O/c19-15-10-16-13-6-8-18(9-7-14(13)17-15)11-12-4-2-1-3-5-12/h1-5,10H,6-9,11H2,(H,17,19). The fourth-order valence-corrected chi connectivity index (χ4v) is 2.49. The third-order valence-corrected chi connectivity index (χ3v) is 3.50. The van der Waals surface area contributed by atoms with Crippen LogP contribution in [0.2, 0.25) is 0 Å². The molecule has 0 saturated carbocycles. The smallest absolute Gasteiger partial charge is 0.230 e. The molecule has 0 saturated heterocycles. The predicted molar refractivity (Wildman–Crippen MR) is 72.8 cm³/mol. The minimum atomic E-state index is 0.0234. The Morgan fingerprint density at radius 2 is 1.79 bits per heavy atom. The second kappa shape index (κ2) is 5.36. The average molecular weight is 255 g/mol. The van der Waals surface area contributed by atoms with E-state index < -0.39 is 0 Å². The predicted octanol–water partition coefficient (Wildman–Crippen LogP) is 1.78. The van der Waals surface area contributed by atoms with Crippen molar-refractivity contribution in [2.24, 2.45) is 0 Å². The van der Waals surface area contributed by atoms with Gasteiger partial charge in [-0.15, -0.1) is 0 Å². The molecule has 0 spiro atoms. The Morgan fingerprint density at radius 3 is 2.58 bits per heavy atom. The number of rotatable bonds is 2. The Morgan fingerprint density at radius 1 is 1.05 bits per heavy atom. The highest BCUT2D eigenvalue weighted by Crippen LogP contribution is 2.16. The third kappa shape index (κ3) is 2.90. The summed E-state index contributed by atoms with van der Waals surface area (Å²) in [6.07, 6.45) is 3.19. The zero-order valence-electron chi connectivity index (χ0n) is 10.8. The molecular formula is C15H17N3O. The maximum absolute atomic E-state index is 9.39. The van der Waals surface area contributed by atoms with E-state index in [4.69, 9.17) is 0 Å². The molecule has 2 heterocycles. The van der Waals surface area contributed by atoms with Crippen LogP contribution in [0.5, 0.6) is 5.88 Å². The molecule has 1 N–H and O–H groups in total. The van der Waals surface area contributed by atoms with Gasteiger partial charge in [0.15, 0.2) is 0 Å². The largest absolute Gasteiger partial charge is 0.492 e. The van der Waals surface area contributed by atoms with Crippen LogP contribution in [0.1, 0.15) is 17.0 Å². The minimum Gasteiger partial charge on any atom is -0.492 e. The van der Waals surface area contributed by atoms with Crippen LogP contribution in [-0.2, 0) is 19.4 Å². The highest BCUT2D eigenvalue weighted by molar-refractivity contribution is 5.19. The SMILES string of the molecule is Oc1cnc2c(n1)CCN(Cc1ccccc1)CC2. The molecule has 0 fully saturated rings. The molecule has 3 rings (SSSR count). The van der Waals surface area contributed by atoms with Crippen LogP contribution in [-0.4, -0.2) is 33.1 Å². The lowest BCUT2D eigenvalue weighted by Crippen LogP contribution is -2.25. The van der Waals surface area contributed by atoms with Crippen LogP contribution in [0.4, 0.5) is 0 Å². The highest BCUT2D eigenvalue weighted by Gasteiger charge is 2.16. The molecule has 0 radical (unpaired) electrons. The van der Waals surface area contributed by atoms with Crippen molar-refractivity contribution in [3.8, 4) is 5.88 Å². The van der Waals surface area contributed by atoms with Crippen LogP contribution in [0.25, 0.3) is 0 Å². The van der Waals surface area contributed by atoms with Crippen molar-refractivity contribution < 1.29 is 5.11 Å². The molecule has 0 aliphatic carbocycles. The van der Waals surface area contributed by atoms with Crippen molar-refractivity contribution in [2.45, 2.75) is 19.4 Å². The molecule has 19 heavy (non-hydrogen) atoms. The van der Waals surface area contributed by atoms with Gasteiger partial charge in [-0.25, -0.2) is 4.98 Å². The summed E-state index contributed by atoms with van der Waals surface area (Å²) in [7, 11) is 0. The van der Waals surface area contributed by atoms with Gasteiger partial charge in [0.1, 0.15) is 0 Å². The molecule has 1 aliphatic heterocycles. The van der Waals surface area contributed by atoms with E-state index in [0.29, 0.717) is 0 Å². The molecule has 2 aromatic rings. The maximum Gasteiger partial charge on any atom is 0.230 e. The summed E-state index contributed by atoms with van der Waals surface area (Å²) in [6.45, 7) is 2.90. The van der Waals surface area contributed by atoms with E-state index in [1.54, 1.807) is 0 Å². The zero-order chi connectivity index (χ0) is 13.1. The van der Waals surface area contributed by atoms with Crippen LogP contribution in [0, 0.1) is 0 Å². The quantitative estimate of drug-likeness (QED) is 0.888. The summed E-state index contributed by atoms with van der Waals surface area (Å²) in [4.78, 5) is 10.9. The topological polar surface area (TPSA) is 49.3 Å². The van der Waals surface area contributed by atoms with Gasteiger partial charge in [0.2, 0.25) is 5.88 Å². The highest BCUT2D eigenvalue weighted by atomic mass is 16.3. The lowest BCUT2D eigenvalue weighted by atomic mass is 10.2. The number of aromatic hydroxyl groups is 1. The molecule has 0 bridgehead atoms. The van der Waals surface area contributed by atoms with Gasteiger partial charge >= 0.3 is 0 Å². The van der Waals surface area contributed by atoms with Gasteiger partial charge in [-0.1, -0.05) is 30.3 Å². The first kappa shape index (κ1) is 12.1. The number of nitrogens with zero attached hydrogens (tertiary/aromatic N) is 3. The van der Waals surface area contributed by atoms with E-state index in [9.17, 15) is 5.11 Å². The van der Waals surface area contributed by atoms with Crippen molar-refractivity contribution in [1.82, 2.24) is 14.9 Å². The first-order chi connectivity index (χ1) is 9.31. The summed E-state index contributed by atoms with van der Waals surface area (Å²) in [5.41, 5.74) is 3.29. The van der Waals surface area contributed by atoms with Crippen LogP contribution < -0.4 is 0 Å². The second-order valence-corrected chi connectivity index (χ2v) is 4.88. The Kier molecular flexibility index (Phi) is 3.42. The van der Waals surface area contributed by atoms with Gasteiger partial charge in [0.05, 0.1) is 17.6 Å². The van der Waals surface area contributed by atoms with E-state index >= 15 is 0 Å². The number of hydrogen-bond donors (Lipinski definition) is 1. The Labute approximate surface area is 112 Å². The fraction of sp³-hybridized carbons (Fsp3) is 0.333. The summed E-state index contributed by atoms with van der Waals surface area (Å²) >= 11 is 0. The van der Waals surface area contributed by atoms with Gasteiger partial charge in [-0.3, -0.25) is 9.88 Å². The number of hydrogen-bond acceptors (Lipinski definition) is 4. The summed E-state index contributed by atoms with van der Waals surface area (Å²) in [5.74, 6) is 0.0234. The Bertz CT molecular complexity index is 557. The first-order valence-corrected chi connectivity index (χ1v) is 6.61. The average Bonchev–Trinajstić information content (AvgIpc) is 2.63. The van der Waals surface area contributed by atoms with E-state index in [-0.39, 0.29) is 5.88 Å². The molecule has 0 unspecified atom stereocenters. The van der Waals surface area contributed by atoms with E-state index in [1.165, 1.54) is 11.8 Å². The van der Waals surface area contributed by atoms with E-state index in [1.807, 2.05) is 6.07 Å². The van der Waals surface area contributed by atoms with Crippen LogP contribution in [0.3, 0.4) is 0 Å². The van der Waals surface area contributed by atoms with Crippen LogP contribution >= 0.6 is 0 Å². The number of benzene rings is 1. The van der Waals surface area contributed by atoms with Crippen molar-refractivity contribution in [1.29, 1.82) is 0 Å². The van der Waals surface area contributed by atoms with Crippen molar-refractivity contribution in [2.75, 3.05) is 13.1 Å². The van der Waals surface area contributed by atoms with Gasteiger partial charge < -0.3 is 5.11 Å². The molecule has 1 aliphatic rings.